The summed E-state index contributed by atoms with van der Waals surface area (Å²) in [5.41, 5.74) is 2.18. The lowest BCUT2D eigenvalue weighted by Crippen LogP contribution is -2.17. The number of nitrogens with one attached hydrogen (secondary N) is 2. The van der Waals surface area contributed by atoms with E-state index < -0.39 is 0 Å². The quantitative estimate of drug-likeness (QED) is 0.896. The molecule has 0 aliphatic carbocycles. The van der Waals surface area contributed by atoms with E-state index >= 15 is 0 Å². The third kappa shape index (κ3) is 3.03. The van der Waals surface area contributed by atoms with Crippen molar-refractivity contribution in [3.8, 4) is 0 Å². The molecule has 0 bridgehead atoms. The summed E-state index contributed by atoms with van der Waals surface area (Å²) in [6, 6.07) is 5.34. The number of amides is 2. The molecule has 1 aromatic carbocycles. The molecule has 0 saturated carbocycles. The van der Waals surface area contributed by atoms with Crippen molar-refractivity contribution in [3.63, 3.8) is 0 Å². The van der Waals surface area contributed by atoms with Crippen molar-refractivity contribution in [2.45, 2.75) is 13.8 Å². The molecule has 0 atom stereocenters. The Labute approximate surface area is 116 Å². The van der Waals surface area contributed by atoms with Gasteiger partial charge in [0.15, 0.2) is 5.82 Å². The van der Waals surface area contributed by atoms with Gasteiger partial charge in [-0.3, -0.25) is 9.59 Å². The number of hydrogen-bond acceptors (Lipinski definition) is 3. The Morgan fingerprint density at radius 1 is 1.25 bits per heavy atom. The maximum absolute atomic E-state index is 12.1. The summed E-state index contributed by atoms with van der Waals surface area (Å²) in [6.07, 6.45) is 3.27. The van der Waals surface area contributed by atoms with Gasteiger partial charge in [-0.15, -0.1) is 0 Å². The van der Waals surface area contributed by atoms with E-state index in [0.29, 0.717) is 17.2 Å². The Bertz CT molecular complexity index is 661. The molecule has 1 aromatic heterocycles. The van der Waals surface area contributed by atoms with Crippen LogP contribution < -0.4 is 10.6 Å². The van der Waals surface area contributed by atoms with Gasteiger partial charge in [0.05, 0.1) is 0 Å². The van der Waals surface area contributed by atoms with Gasteiger partial charge in [0.1, 0.15) is 0 Å². The standard InChI is InChI=1S/C14H16N4O2/c1-9-4-5-11(16-10(2)19)8-12(9)17-14(20)13-15-6-7-18(13)3/h4-8H,1-3H3,(H,16,19)(H,17,20). The van der Waals surface area contributed by atoms with E-state index in [4.69, 9.17) is 0 Å². The molecule has 2 N–H and O–H groups in total. The highest BCUT2D eigenvalue weighted by molar-refractivity contribution is 6.02. The van der Waals surface area contributed by atoms with Gasteiger partial charge in [-0.1, -0.05) is 6.07 Å². The number of anilines is 2. The van der Waals surface area contributed by atoms with E-state index in [1.54, 1.807) is 36.1 Å². The van der Waals surface area contributed by atoms with Crippen molar-refractivity contribution in [2.24, 2.45) is 7.05 Å². The second-order valence-corrected chi connectivity index (χ2v) is 4.53. The van der Waals surface area contributed by atoms with Crippen molar-refractivity contribution in [1.82, 2.24) is 9.55 Å². The Kier molecular flexibility index (Phi) is 3.84. The minimum absolute atomic E-state index is 0.157. The Hall–Kier alpha value is -2.63. The molecule has 0 aliphatic rings. The fraction of sp³-hybridized carbons (Fsp3) is 0.214. The number of nitrogens with zero attached hydrogens (tertiary/aromatic N) is 2. The number of hydrogen-bond donors (Lipinski definition) is 2. The van der Waals surface area contributed by atoms with Crippen LogP contribution in [0.5, 0.6) is 0 Å². The SMILES string of the molecule is CC(=O)Nc1ccc(C)c(NC(=O)c2nccn2C)c1. The van der Waals surface area contributed by atoms with E-state index in [1.807, 2.05) is 13.0 Å². The molecular formula is C14H16N4O2. The van der Waals surface area contributed by atoms with Crippen molar-refractivity contribution in [2.75, 3.05) is 10.6 Å². The lowest BCUT2D eigenvalue weighted by molar-refractivity contribution is -0.114. The number of aryl methyl sites for hydroxylation is 2. The van der Waals surface area contributed by atoms with Crippen molar-refractivity contribution < 1.29 is 9.59 Å². The molecule has 2 amide bonds. The normalized spacial score (nSPS) is 10.2. The minimum Gasteiger partial charge on any atom is -0.330 e. The van der Waals surface area contributed by atoms with Crippen LogP contribution in [-0.4, -0.2) is 21.4 Å². The first-order chi connectivity index (χ1) is 9.47. The van der Waals surface area contributed by atoms with E-state index in [9.17, 15) is 9.59 Å². The first-order valence-electron chi connectivity index (χ1n) is 6.14. The van der Waals surface area contributed by atoms with Gasteiger partial charge in [-0.2, -0.15) is 0 Å². The van der Waals surface area contributed by atoms with Crippen LogP contribution in [0.4, 0.5) is 11.4 Å². The molecule has 6 heteroatoms. The third-order valence-electron chi connectivity index (χ3n) is 2.83. The molecule has 1 heterocycles. The topological polar surface area (TPSA) is 76.0 Å². The lowest BCUT2D eigenvalue weighted by Gasteiger charge is -2.10. The fourth-order valence-corrected chi connectivity index (χ4v) is 1.80. The average molecular weight is 272 g/mol. The zero-order chi connectivity index (χ0) is 14.7. The number of rotatable bonds is 3. The second-order valence-electron chi connectivity index (χ2n) is 4.53. The van der Waals surface area contributed by atoms with Crippen molar-refractivity contribution in [1.29, 1.82) is 0 Å². The molecular weight excluding hydrogens is 256 g/mol. The minimum atomic E-state index is -0.291. The maximum atomic E-state index is 12.1. The smallest absolute Gasteiger partial charge is 0.291 e. The molecule has 2 aromatic rings. The average Bonchev–Trinajstić information content (AvgIpc) is 2.79. The van der Waals surface area contributed by atoms with E-state index in [2.05, 4.69) is 15.6 Å². The number of carbonyl (C=O) groups is 2. The zero-order valence-electron chi connectivity index (χ0n) is 11.6. The Morgan fingerprint density at radius 2 is 2.00 bits per heavy atom. The summed E-state index contributed by atoms with van der Waals surface area (Å²) in [6.45, 7) is 3.32. The number of benzene rings is 1. The Balaban J connectivity index is 2.22. The number of aromatic nitrogens is 2. The number of imidazole rings is 1. The van der Waals surface area contributed by atoms with Crippen LogP contribution in [0.15, 0.2) is 30.6 Å². The van der Waals surface area contributed by atoms with Crippen LogP contribution in [0.3, 0.4) is 0 Å². The van der Waals surface area contributed by atoms with E-state index in [-0.39, 0.29) is 11.8 Å². The molecule has 104 valence electrons. The van der Waals surface area contributed by atoms with Gasteiger partial charge in [-0.25, -0.2) is 4.98 Å². The molecule has 0 aliphatic heterocycles. The lowest BCUT2D eigenvalue weighted by atomic mass is 10.1. The summed E-state index contributed by atoms with van der Waals surface area (Å²) < 4.78 is 1.64. The van der Waals surface area contributed by atoms with Gasteiger partial charge >= 0.3 is 0 Å². The van der Waals surface area contributed by atoms with Gasteiger partial charge in [0, 0.05) is 37.7 Å². The molecule has 0 radical (unpaired) electrons. The fourth-order valence-electron chi connectivity index (χ4n) is 1.80. The largest absolute Gasteiger partial charge is 0.330 e. The first-order valence-corrected chi connectivity index (χ1v) is 6.14. The van der Waals surface area contributed by atoms with Crippen LogP contribution >= 0.6 is 0 Å². The highest BCUT2D eigenvalue weighted by Crippen LogP contribution is 2.20. The highest BCUT2D eigenvalue weighted by atomic mass is 16.2. The van der Waals surface area contributed by atoms with Crippen LogP contribution in [0.25, 0.3) is 0 Å². The highest BCUT2D eigenvalue weighted by Gasteiger charge is 2.12. The summed E-state index contributed by atoms with van der Waals surface area (Å²) in [7, 11) is 1.75. The summed E-state index contributed by atoms with van der Waals surface area (Å²) in [5.74, 6) is -0.120. The second kappa shape index (κ2) is 5.56. The molecule has 20 heavy (non-hydrogen) atoms. The Morgan fingerprint density at radius 3 is 2.60 bits per heavy atom. The van der Waals surface area contributed by atoms with Gasteiger partial charge in [0.2, 0.25) is 5.91 Å². The molecule has 6 nitrogen and oxygen atoms in total. The number of carbonyl (C=O) groups excluding carboxylic acids is 2. The van der Waals surface area contributed by atoms with Crippen LogP contribution in [0.2, 0.25) is 0 Å². The molecule has 0 saturated heterocycles. The van der Waals surface area contributed by atoms with E-state index in [1.165, 1.54) is 6.92 Å². The molecule has 0 spiro atoms. The summed E-state index contributed by atoms with van der Waals surface area (Å²) in [5, 5.41) is 5.47. The maximum Gasteiger partial charge on any atom is 0.291 e. The molecule has 2 rings (SSSR count). The molecule has 0 unspecified atom stereocenters. The first kappa shape index (κ1) is 13.8. The third-order valence-corrected chi connectivity index (χ3v) is 2.83. The van der Waals surface area contributed by atoms with Crippen LogP contribution in [-0.2, 0) is 11.8 Å². The van der Waals surface area contributed by atoms with Crippen LogP contribution in [0, 0.1) is 6.92 Å². The van der Waals surface area contributed by atoms with E-state index in [0.717, 1.165) is 5.56 Å². The van der Waals surface area contributed by atoms with Crippen molar-refractivity contribution in [3.05, 3.63) is 42.0 Å². The summed E-state index contributed by atoms with van der Waals surface area (Å²) >= 11 is 0. The monoisotopic (exact) mass is 272 g/mol. The van der Waals surface area contributed by atoms with Crippen molar-refractivity contribution >= 4 is 23.2 Å². The zero-order valence-corrected chi connectivity index (χ0v) is 11.6. The van der Waals surface area contributed by atoms with Crippen LogP contribution in [0.1, 0.15) is 23.1 Å². The van der Waals surface area contributed by atoms with Gasteiger partial charge in [-0.05, 0) is 24.6 Å². The summed E-state index contributed by atoms with van der Waals surface area (Å²) in [4.78, 5) is 27.1. The molecule has 0 fully saturated rings. The predicted octanol–water partition coefficient (Wildman–Crippen LogP) is 1.94. The van der Waals surface area contributed by atoms with Gasteiger partial charge < -0.3 is 15.2 Å². The predicted molar refractivity (Wildman–Crippen MR) is 76.6 cm³/mol. The van der Waals surface area contributed by atoms with Gasteiger partial charge in [0.25, 0.3) is 5.91 Å².